The molecule has 5 nitrogen and oxygen atoms in total. The molecular formula is C19H21N3O2. The minimum Gasteiger partial charge on any atom is -0.484 e. The third-order valence-corrected chi connectivity index (χ3v) is 4.17. The van der Waals surface area contributed by atoms with Gasteiger partial charge in [-0.15, -0.1) is 0 Å². The van der Waals surface area contributed by atoms with E-state index in [1.807, 2.05) is 67.9 Å². The predicted octanol–water partition coefficient (Wildman–Crippen LogP) is 2.89. The molecule has 0 aliphatic carbocycles. The van der Waals surface area contributed by atoms with E-state index < -0.39 is 0 Å². The molecule has 1 N–H and O–H groups in total. The van der Waals surface area contributed by atoms with Crippen molar-refractivity contribution in [2.24, 2.45) is 7.05 Å². The van der Waals surface area contributed by atoms with Crippen LogP contribution < -0.4 is 10.1 Å². The number of benzene rings is 2. The average molecular weight is 323 g/mol. The van der Waals surface area contributed by atoms with Crippen LogP contribution in [-0.4, -0.2) is 22.1 Å². The van der Waals surface area contributed by atoms with Gasteiger partial charge in [-0.05, 0) is 49.2 Å². The summed E-state index contributed by atoms with van der Waals surface area (Å²) in [5.74, 6) is 1.35. The summed E-state index contributed by atoms with van der Waals surface area (Å²) < 4.78 is 7.53. The van der Waals surface area contributed by atoms with Crippen LogP contribution in [0.3, 0.4) is 0 Å². The highest BCUT2D eigenvalue weighted by Crippen LogP contribution is 2.16. The molecule has 1 amide bonds. The quantitative estimate of drug-likeness (QED) is 0.785. The van der Waals surface area contributed by atoms with Gasteiger partial charge in [-0.1, -0.05) is 18.2 Å². The number of hydrogen-bond donors (Lipinski definition) is 1. The smallest absolute Gasteiger partial charge is 0.258 e. The van der Waals surface area contributed by atoms with E-state index >= 15 is 0 Å². The number of para-hydroxylation sites is 2. The lowest BCUT2D eigenvalue weighted by Gasteiger charge is -2.09. The second-order valence-electron chi connectivity index (χ2n) is 5.89. The molecule has 0 unspecified atom stereocenters. The molecule has 0 bridgehead atoms. The fraction of sp³-hybridized carbons (Fsp3) is 0.263. The Morgan fingerprint density at radius 2 is 1.96 bits per heavy atom. The molecule has 2 aromatic carbocycles. The van der Waals surface area contributed by atoms with Crippen LogP contribution in [0.15, 0.2) is 42.5 Å². The van der Waals surface area contributed by atoms with Gasteiger partial charge < -0.3 is 14.6 Å². The van der Waals surface area contributed by atoms with Gasteiger partial charge >= 0.3 is 0 Å². The summed E-state index contributed by atoms with van der Waals surface area (Å²) in [7, 11) is 1.95. The van der Waals surface area contributed by atoms with Gasteiger partial charge in [0.05, 0.1) is 17.6 Å². The Labute approximate surface area is 141 Å². The molecule has 0 fully saturated rings. The van der Waals surface area contributed by atoms with Crippen molar-refractivity contribution in [1.29, 1.82) is 0 Å². The first-order valence-corrected chi connectivity index (χ1v) is 7.91. The third kappa shape index (κ3) is 3.40. The molecule has 1 heterocycles. The molecule has 0 radical (unpaired) electrons. The highest BCUT2D eigenvalue weighted by Gasteiger charge is 2.09. The predicted molar refractivity (Wildman–Crippen MR) is 94.0 cm³/mol. The van der Waals surface area contributed by atoms with Crippen molar-refractivity contribution in [3.8, 4) is 5.75 Å². The maximum atomic E-state index is 12.0. The summed E-state index contributed by atoms with van der Waals surface area (Å²) in [6.45, 7) is 4.43. The van der Waals surface area contributed by atoms with Crippen molar-refractivity contribution >= 4 is 16.9 Å². The Balaban J connectivity index is 1.56. The van der Waals surface area contributed by atoms with Crippen LogP contribution >= 0.6 is 0 Å². The van der Waals surface area contributed by atoms with Crippen LogP contribution in [0.1, 0.15) is 17.0 Å². The number of ether oxygens (including phenoxy) is 1. The number of imidazole rings is 1. The fourth-order valence-corrected chi connectivity index (χ4v) is 2.53. The number of fused-ring (bicyclic) bond motifs is 1. The molecular weight excluding hydrogens is 302 g/mol. The van der Waals surface area contributed by atoms with E-state index in [0.29, 0.717) is 12.3 Å². The van der Waals surface area contributed by atoms with Crippen molar-refractivity contribution in [2.45, 2.75) is 20.4 Å². The fourth-order valence-electron chi connectivity index (χ4n) is 2.53. The molecule has 1 aromatic heterocycles. The molecule has 5 heteroatoms. The Morgan fingerprint density at radius 3 is 2.71 bits per heavy atom. The average Bonchev–Trinajstić information content (AvgIpc) is 2.90. The Hall–Kier alpha value is -2.82. The molecule has 3 rings (SSSR count). The second-order valence-corrected chi connectivity index (χ2v) is 5.89. The van der Waals surface area contributed by atoms with Crippen molar-refractivity contribution in [2.75, 3.05) is 6.61 Å². The molecule has 0 saturated heterocycles. The summed E-state index contributed by atoms with van der Waals surface area (Å²) in [6, 6.07) is 13.7. The van der Waals surface area contributed by atoms with Crippen molar-refractivity contribution in [3.63, 3.8) is 0 Å². The van der Waals surface area contributed by atoms with Crippen molar-refractivity contribution in [1.82, 2.24) is 14.9 Å². The molecule has 0 aliphatic rings. The van der Waals surface area contributed by atoms with E-state index in [-0.39, 0.29) is 12.5 Å². The molecule has 124 valence electrons. The van der Waals surface area contributed by atoms with Gasteiger partial charge in [-0.25, -0.2) is 4.98 Å². The van der Waals surface area contributed by atoms with Crippen LogP contribution in [-0.2, 0) is 18.4 Å². The Morgan fingerprint density at radius 1 is 1.17 bits per heavy atom. The summed E-state index contributed by atoms with van der Waals surface area (Å²) >= 11 is 0. The number of carbonyl (C=O) groups is 1. The number of rotatable bonds is 5. The SMILES string of the molecule is Cc1ccc(OCC(=O)NCc2nc3ccccc3n2C)cc1C. The largest absolute Gasteiger partial charge is 0.484 e. The van der Waals surface area contributed by atoms with E-state index in [0.717, 1.165) is 22.4 Å². The van der Waals surface area contributed by atoms with E-state index in [2.05, 4.69) is 10.3 Å². The first-order valence-electron chi connectivity index (χ1n) is 7.91. The topological polar surface area (TPSA) is 56.1 Å². The summed E-state index contributed by atoms with van der Waals surface area (Å²) in [5.41, 5.74) is 4.32. The van der Waals surface area contributed by atoms with Gasteiger partial charge in [0, 0.05) is 7.05 Å². The monoisotopic (exact) mass is 323 g/mol. The van der Waals surface area contributed by atoms with Crippen LogP contribution in [0.25, 0.3) is 11.0 Å². The van der Waals surface area contributed by atoms with Gasteiger partial charge in [0.25, 0.3) is 5.91 Å². The van der Waals surface area contributed by atoms with Gasteiger partial charge in [0.2, 0.25) is 0 Å². The highest BCUT2D eigenvalue weighted by atomic mass is 16.5. The van der Waals surface area contributed by atoms with Crippen molar-refractivity contribution in [3.05, 3.63) is 59.4 Å². The van der Waals surface area contributed by atoms with Crippen LogP contribution in [0.4, 0.5) is 0 Å². The van der Waals surface area contributed by atoms with E-state index in [1.165, 1.54) is 5.56 Å². The maximum Gasteiger partial charge on any atom is 0.258 e. The number of nitrogens with zero attached hydrogens (tertiary/aromatic N) is 2. The Bertz CT molecular complexity index is 883. The number of carbonyl (C=O) groups excluding carboxylic acids is 1. The third-order valence-electron chi connectivity index (χ3n) is 4.17. The van der Waals surface area contributed by atoms with Crippen LogP contribution in [0.2, 0.25) is 0 Å². The lowest BCUT2D eigenvalue weighted by Crippen LogP contribution is -2.29. The van der Waals surface area contributed by atoms with Crippen LogP contribution in [0.5, 0.6) is 5.75 Å². The zero-order valence-electron chi connectivity index (χ0n) is 14.2. The summed E-state index contributed by atoms with van der Waals surface area (Å²) in [5, 5.41) is 2.85. The first kappa shape index (κ1) is 16.1. The minimum atomic E-state index is -0.166. The van der Waals surface area contributed by atoms with Gasteiger partial charge in [-0.2, -0.15) is 0 Å². The normalized spacial score (nSPS) is 10.8. The van der Waals surface area contributed by atoms with Crippen molar-refractivity contribution < 1.29 is 9.53 Å². The molecule has 0 spiro atoms. The number of aromatic nitrogens is 2. The number of nitrogens with one attached hydrogen (secondary N) is 1. The van der Waals surface area contributed by atoms with Gasteiger partial charge in [0.1, 0.15) is 11.6 Å². The second kappa shape index (κ2) is 6.74. The molecule has 3 aromatic rings. The molecule has 0 aliphatic heterocycles. The molecule has 0 atom stereocenters. The Kier molecular flexibility index (Phi) is 4.51. The molecule has 0 saturated carbocycles. The lowest BCUT2D eigenvalue weighted by molar-refractivity contribution is -0.123. The standard InChI is InChI=1S/C19H21N3O2/c1-13-8-9-15(10-14(13)2)24-12-19(23)20-11-18-21-16-6-4-5-7-17(16)22(18)3/h4-10H,11-12H2,1-3H3,(H,20,23). The van der Waals surface area contributed by atoms with Gasteiger partial charge in [0.15, 0.2) is 6.61 Å². The minimum absolute atomic E-state index is 0.00750. The lowest BCUT2D eigenvalue weighted by atomic mass is 10.1. The number of aryl methyl sites for hydroxylation is 3. The number of hydrogen-bond acceptors (Lipinski definition) is 3. The maximum absolute atomic E-state index is 12.0. The number of amides is 1. The summed E-state index contributed by atoms with van der Waals surface area (Å²) in [4.78, 5) is 16.5. The highest BCUT2D eigenvalue weighted by molar-refractivity contribution is 5.78. The summed E-state index contributed by atoms with van der Waals surface area (Å²) in [6.07, 6.45) is 0. The molecule has 24 heavy (non-hydrogen) atoms. The van der Waals surface area contributed by atoms with Crippen LogP contribution in [0, 0.1) is 13.8 Å². The van der Waals surface area contributed by atoms with Gasteiger partial charge in [-0.3, -0.25) is 4.79 Å². The van der Waals surface area contributed by atoms with E-state index in [4.69, 9.17) is 4.74 Å². The first-order chi connectivity index (χ1) is 11.5. The zero-order valence-corrected chi connectivity index (χ0v) is 14.2. The van der Waals surface area contributed by atoms with E-state index in [1.54, 1.807) is 0 Å². The van der Waals surface area contributed by atoms with E-state index in [9.17, 15) is 4.79 Å². The zero-order chi connectivity index (χ0) is 17.1.